The molecule has 20 heavy (non-hydrogen) atoms. The Morgan fingerprint density at radius 3 is 1.85 bits per heavy atom. The second-order valence-corrected chi connectivity index (χ2v) is 9.56. The molecule has 0 N–H and O–H groups in total. The van der Waals surface area contributed by atoms with E-state index in [1.54, 1.807) is 6.92 Å². The standard InChI is InChI=1S/C11H23ClN2O4S2/c1-3-8-19(15,16)13-4-6-14(7-5-13)20(17,18)10-11(2)9-12/h11H,3-10H2,1-2H3. The summed E-state index contributed by atoms with van der Waals surface area (Å²) in [4.78, 5) is 0. The van der Waals surface area contributed by atoms with E-state index in [1.165, 1.54) is 8.61 Å². The van der Waals surface area contributed by atoms with Crippen molar-refractivity contribution in [3.05, 3.63) is 0 Å². The van der Waals surface area contributed by atoms with Crippen LogP contribution >= 0.6 is 11.6 Å². The van der Waals surface area contributed by atoms with Crippen LogP contribution in [0.15, 0.2) is 0 Å². The van der Waals surface area contributed by atoms with Gasteiger partial charge in [-0.15, -0.1) is 11.6 Å². The van der Waals surface area contributed by atoms with Crippen LogP contribution in [0.5, 0.6) is 0 Å². The average Bonchev–Trinajstić information content (AvgIpc) is 2.38. The van der Waals surface area contributed by atoms with Crippen molar-refractivity contribution in [3.63, 3.8) is 0 Å². The van der Waals surface area contributed by atoms with Gasteiger partial charge in [-0.05, 0) is 12.3 Å². The van der Waals surface area contributed by atoms with Crippen LogP contribution in [0, 0.1) is 5.92 Å². The summed E-state index contributed by atoms with van der Waals surface area (Å²) in [5, 5.41) is 0. The van der Waals surface area contributed by atoms with Crippen molar-refractivity contribution in [1.82, 2.24) is 8.61 Å². The SMILES string of the molecule is CCCS(=O)(=O)N1CCN(S(=O)(=O)CC(C)CCl)CC1. The first kappa shape index (κ1) is 18.2. The number of rotatable bonds is 7. The van der Waals surface area contributed by atoms with Crippen LogP contribution in [0.1, 0.15) is 20.3 Å². The lowest BCUT2D eigenvalue weighted by molar-refractivity contribution is 0.272. The normalized spacial score (nSPS) is 20.9. The molecule has 0 aliphatic carbocycles. The fourth-order valence-corrected chi connectivity index (χ4v) is 5.62. The van der Waals surface area contributed by atoms with Crippen LogP contribution in [0.25, 0.3) is 0 Å². The van der Waals surface area contributed by atoms with Gasteiger partial charge in [0, 0.05) is 32.1 Å². The molecule has 0 aromatic rings. The van der Waals surface area contributed by atoms with Crippen molar-refractivity contribution in [3.8, 4) is 0 Å². The number of hydrogen-bond acceptors (Lipinski definition) is 4. The Labute approximate surface area is 127 Å². The van der Waals surface area contributed by atoms with Gasteiger partial charge in [0.05, 0.1) is 11.5 Å². The van der Waals surface area contributed by atoms with E-state index in [0.717, 1.165) is 0 Å². The van der Waals surface area contributed by atoms with Crippen molar-refractivity contribution in [2.24, 2.45) is 5.92 Å². The van der Waals surface area contributed by atoms with Crippen LogP contribution in [-0.2, 0) is 20.0 Å². The van der Waals surface area contributed by atoms with Crippen molar-refractivity contribution >= 4 is 31.6 Å². The molecule has 1 heterocycles. The van der Waals surface area contributed by atoms with Crippen LogP contribution in [0.3, 0.4) is 0 Å². The van der Waals surface area contributed by atoms with E-state index in [-0.39, 0.29) is 43.6 Å². The van der Waals surface area contributed by atoms with Gasteiger partial charge in [0.1, 0.15) is 0 Å². The Kier molecular flexibility index (Phi) is 6.72. The first-order chi connectivity index (χ1) is 9.23. The second-order valence-electron chi connectivity index (χ2n) is 5.15. The van der Waals surface area contributed by atoms with Gasteiger partial charge in [-0.25, -0.2) is 16.8 Å². The minimum absolute atomic E-state index is 0.0121. The molecule has 1 rings (SSSR count). The monoisotopic (exact) mass is 346 g/mol. The van der Waals surface area contributed by atoms with Gasteiger partial charge in [-0.2, -0.15) is 8.61 Å². The molecule has 9 heteroatoms. The first-order valence-electron chi connectivity index (χ1n) is 6.74. The van der Waals surface area contributed by atoms with Gasteiger partial charge in [0.2, 0.25) is 20.0 Å². The van der Waals surface area contributed by atoms with Gasteiger partial charge < -0.3 is 0 Å². The number of halogens is 1. The molecule has 0 amide bonds. The topological polar surface area (TPSA) is 74.8 Å². The summed E-state index contributed by atoms with van der Waals surface area (Å²) in [7, 11) is -6.59. The summed E-state index contributed by atoms with van der Waals surface area (Å²) in [5.41, 5.74) is 0. The van der Waals surface area contributed by atoms with E-state index >= 15 is 0 Å². The Morgan fingerprint density at radius 1 is 1.00 bits per heavy atom. The summed E-state index contributed by atoms with van der Waals surface area (Å²) >= 11 is 5.64. The Hall–Kier alpha value is 0.110. The van der Waals surface area contributed by atoms with Crippen LogP contribution < -0.4 is 0 Å². The van der Waals surface area contributed by atoms with Gasteiger partial charge >= 0.3 is 0 Å². The van der Waals surface area contributed by atoms with Gasteiger partial charge in [-0.1, -0.05) is 13.8 Å². The minimum Gasteiger partial charge on any atom is -0.212 e. The summed E-state index contributed by atoms with van der Waals surface area (Å²) in [6.07, 6.45) is 0.564. The van der Waals surface area contributed by atoms with Crippen molar-refractivity contribution in [2.75, 3.05) is 43.6 Å². The van der Waals surface area contributed by atoms with Crippen molar-refractivity contribution in [2.45, 2.75) is 20.3 Å². The molecule has 1 unspecified atom stereocenters. The van der Waals surface area contributed by atoms with E-state index in [0.29, 0.717) is 12.3 Å². The molecule has 0 saturated carbocycles. The predicted molar refractivity (Wildman–Crippen MR) is 80.9 cm³/mol. The summed E-state index contributed by atoms with van der Waals surface area (Å²) < 4.78 is 50.8. The molecular formula is C11H23ClN2O4S2. The Bertz CT molecular complexity index is 499. The van der Waals surface area contributed by atoms with Gasteiger partial charge in [0.25, 0.3) is 0 Å². The number of nitrogens with zero attached hydrogens (tertiary/aromatic N) is 2. The molecule has 1 fully saturated rings. The number of hydrogen-bond donors (Lipinski definition) is 0. The van der Waals surface area contributed by atoms with Crippen LogP contribution in [0.4, 0.5) is 0 Å². The average molecular weight is 347 g/mol. The zero-order valence-electron chi connectivity index (χ0n) is 12.0. The van der Waals surface area contributed by atoms with Crippen molar-refractivity contribution < 1.29 is 16.8 Å². The van der Waals surface area contributed by atoms with Gasteiger partial charge in [-0.3, -0.25) is 0 Å². The molecule has 1 aliphatic rings. The smallest absolute Gasteiger partial charge is 0.212 e. The molecule has 6 nitrogen and oxygen atoms in total. The molecule has 0 radical (unpaired) electrons. The molecule has 120 valence electrons. The van der Waals surface area contributed by atoms with Gasteiger partial charge in [0.15, 0.2) is 0 Å². The predicted octanol–water partition coefficient (Wildman–Crippen LogP) is 0.549. The highest BCUT2D eigenvalue weighted by Gasteiger charge is 2.32. The first-order valence-corrected chi connectivity index (χ1v) is 10.5. The maximum Gasteiger partial charge on any atom is 0.214 e. The van der Waals surface area contributed by atoms with E-state index in [9.17, 15) is 16.8 Å². The maximum absolute atomic E-state index is 12.1. The molecule has 0 spiro atoms. The van der Waals surface area contributed by atoms with Crippen LogP contribution in [0.2, 0.25) is 0 Å². The number of sulfonamides is 2. The molecule has 1 aliphatic heterocycles. The molecular weight excluding hydrogens is 324 g/mol. The third kappa shape index (κ3) is 4.84. The number of alkyl halides is 1. The highest BCUT2D eigenvalue weighted by Crippen LogP contribution is 2.14. The molecule has 0 aromatic heterocycles. The maximum atomic E-state index is 12.1. The lowest BCUT2D eigenvalue weighted by atomic mass is 10.3. The highest BCUT2D eigenvalue weighted by molar-refractivity contribution is 7.89. The fourth-order valence-electron chi connectivity index (χ4n) is 2.12. The van der Waals surface area contributed by atoms with Crippen LogP contribution in [-0.4, -0.2) is 69.0 Å². The van der Waals surface area contributed by atoms with E-state index in [4.69, 9.17) is 11.6 Å². The zero-order valence-corrected chi connectivity index (χ0v) is 14.3. The third-order valence-corrected chi connectivity index (χ3v) is 7.95. The summed E-state index contributed by atoms with van der Waals surface area (Å²) in [6.45, 7) is 4.51. The van der Waals surface area contributed by atoms with E-state index < -0.39 is 20.0 Å². The quantitative estimate of drug-likeness (QED) is 0.631. The molecule has 0 bridgehead atoms. The van der Waals surface area contributed by atoms with E-state index in [2.05, 4.69) is 0 Å². The summed E-state index contributed by atoms with van der Waals surface area (Å²) in [6, 6.07) is 0. The lowest BCUT2D eigenvalue weighted by Crippen LogP contribution is -2.51. The number of piperazine rings is 1. The minimum atomic E-state index is -3.35. The van der Waals surface area contributed by atoms with Crippen molar-refractivity contribution in [1.29, 1.82) is 0 Å². The Balaban J connectivity index is 2.62. The largest absolute Gasteiger partial charge is 0.214 e. The molecule has 0 aromatic carbocycles. The third-order valence-electron chi connectivity index (χ3n) is 3.21. The lowest BCUT2D eigenvalue weighted by Gasteiger charge is -2.33. The zero-order chi connectivity index (χ0) is 15.4. The summed E-state index contributed by atoms with van der Waals surface area (Å²) in [5.74, 6) is 0.314. The second kappa shape index (κ2) is 7.40. The fraction of sp³-hybridized carbons (Fsp3) is 1.00. The molecule has 1 atom stereocenters. The Morgan fingerprint density at radius 2 is 1.45 bits per heavy atom. The highest BCUT2D eigenvalue weighted by atomic mass is 35.5. The molecule has 1 saturated heterocycles. The van der Waals surface area contributed by atoms with E-state index in [1.807, 2.05) is 6.92 Å².